The van der Waals surface area contributed by atoms with E-state index in [1.165, 1.54) is 12.8 Å². The molecule has 1 aromatic heterocycles. The van der Waals surface area contributed by atoms with Gasteiger partial charge in [0.1, 0.15) is 5.75 Å². The molecule has 2 N–H and O–H groups in total. The van der Waals surface area contributed by atoms with Gasteiger partial charge >= 0.3 is 6.03 Å². The lowest BCUT2D eigenvalue weighted by Gasteiger charge is -2.40. The van der Waals surface area contributed by atoms with Crippen molar-refractivity contribution in [2.75, 3.05) is 38.6 Å². The van der Waals surface area contributed by atoms with E-state index in [9.17, 15) is 9.59 Å². The average molecular weight is 452 g/mol. The topological polar surface area (TPSA) is 86.8 Å². The van der Waals surface area contributed by atoms with Gasteiger partial charge in [-0.1, -0.05) is 18.9 Å². The minimum atomic E-state index is -0.150. The van der Waals surface area contributed by atoms with Crippen LogP contribution in [0.4, 0.5) is 10.5 Å². The second-order valence-corrected chi connectivity index (χ2v) is 8.71. The highest BCUT2D eigenvalue weighted by molar-refractivity contribution is 5.89. The Morgan fingerprint density at radius 2 is 1.79 bits per heavy atom. The molecule has 2 aliphatic rings. The van der Waals surface area contributed by atoms with Gasteiger partial charge in [-0.05, 0) is 55.2 Å². The Morgan fingerprint density at radius 1 is 1.06 bits per heavy atom. The number of benzene rings is 1. The van der Waals surface area contributed by atoms with Crippen LogP contribution in [0.1, 0.15) is 31.4 Å². The Balaban J connectivity index is 1.33. The second kappa shape index (κ2) is 11.1. The van der Waals surface area contributed by atoms with Gasteiger partial charge in [-0.15, -0.1) is 0 Å². The molecule has 0 bridgehead atoms. The smallest absolute Gasteiger partial charge is 0.321 e. The number of carbonyl (C=O) groups excluding carboxylic acids is 2. The van der Waals surface area contributed by atoms with E-state index in [0.717, 1.165) is 30.0 Å². The zero-order chi connectivity index (χ0) is 23.0. The zero-order valence-electron chi connectivity index (χ0n) is 19.2. The molecule has 1 atom stereocenters. The molecule has 1 aliphatic heterocycles. The van der Waals surface area contributed by atoms with Gasteiger partial charge < -0.3 is 20.3 Å². The van der Waals surface area contributed by atoms with Crippen LogP contribution in [-0.2, 0) is 11.3 Å². The van der Waals surface area contributed by atoms with Gasteiger partial charge in [-0.3, -0.25) is 14.7 Å². The fraction of sp³-hybridized carbons (Fsp3) is 0.480. The highest BCUT2D eigenvalue weighted by Gasteiger charge is 2.37. The lowest BCUT2D eigenvalue weighted by molar-refractivity contribution is -0.129. The number of amides is 3. The van der Waals surface area contributed by atoms with Crippen molar-refractivity contribution in [3.63, 3.8) is 0 Å². The van der Waals surface area contributed by atoms with Crippen molar-refractivity contribution in [2.45, 2.75) is 38.3 Å². The molecule has 33 heavy (non-hydrogen) atoms. The van der Waals surface area contributed by atoms with E-state index in [2.05, 4.69) is 20.5 Å². The molecule has 1 aliphatic carbocycles. The Morgan fingerprint density at radius 3 is 2.42 bits per heavy atom. The molecule has 0 unspecified atom stereocenters. The van der Waals surface area contributed by atoms with E-state index < -0.39 is 0 Å². The third-order valence-electron chi connectivity index (χ3n) is 6.62. The maximum absolute atomic E-state index is 13.2. The quantitative estimate of drug-likeness (QED) is 0.676. The largest absolute Gasteiger partial charge is 0.497 e. The lowest BCUT2D eigenvalue weighted by atomic mass is 9.95. The summed E-state index contributed by atoms with van der Waals surface area (Å²) in [7, 11) is 1.62. The summed E-state index contributed by atoms with van der Waals surface area (Å²) in [5.41, 5.74) is 1.59. The minimum Gasteiger partial charge on any atom is -0.497 e. The number of hydrogen-bond donors (Lipinski definition) is 2. The number of methoxy groups -OCH3 is 1. The van der Waals surface area contributed by atoms with E-state index in [1.54, 1.807) is 13.3 Å². The molecule has 1 saturated carbocycles. The summed E-state index contributed by atoms with van der Waals surface area (Å²) in [5.74, 6) is 1.19. The summed E-state index contributed by atoms with van der Waals surface area (Å²) in [4.78, 5) is 34.3. The molecule has 2 aromatic rings. The van der Waals surface area contributed by atoms with E-state index in [4.69, 9.17) is 4.74 Å². The molecule has 8 nitrogen and oxygen atoms in total. The van der Waals surface area contributed by atoms with Crippen molar-refractivity contribution in [3.8, 4) is 5.75 Å². The van der Waals surface area contributed by atoms with Gasteiger partial charge in [0, 0.05) is 38.1 Å². The van der Waals surface area contributed by atoms with Crippen LogP contribution in [0.5, 0.6) is 5.75 Å². The fourth-order valence-electron chi connectivity index (χ4n) is 4.82. The number of carbonyl (C=O) groups is 2. The third-order valence-corrected chi connectivity index (χ3v) is 6.62. The summed E-state index contributed by atoms with van der Waals surface area (Å²) < 4.78 is 5.16. The molecule has 0 radical (unpaired) electrons. The lowest BCUT2D eigenvalue weighted by Crippen LogP contribution is -2.58. The second-order valence-electron chi connectivity index (χ2n) is 8.71. The highest BCUT2D eigenvalue weighted by Crippen LogP contribution is 2.31. The predicted octanol–water partition coefficient (Wildman–Crippen LogP) is 3.11. The van der Waals surface area contributed by atoms with Crippen LogP contribution in [0.3, 0.4) is 0 Å². The number of anilines is 1. The van der Waals surface area contributed by atoms with Gasteiger partial charge in [0.2, 0.25) is 5.91 Å². The Bertz CT molecular complexity index is 907. The Kier molecular flexibility index (Phi) is 7.78. The van der Waals surface area contributed by atoms with Gasteiger partial charge in [0.25, 0.3) is 0 Å². The van der Waals surface area contributed by atoms with E-state index in [0.29, 0.717) is 38.6 Å². The molecule has 8 heteroatoms. The van der Waals surface area contributed by atoms with Crippen LogP contribution in [0.2, 0.25) is 0 Å². The SMILES string of the molecule is COc1ccc(NC(=O)N2CCN([C@H](C(=O)NCc3ccccn3)C3CCCC3)CC2)cc1. The minimum absolute atomic E-state index is 0.0729. The first kappa shape index (κ1) is 23.0. The first-order chi connectivity index (χ1) is 16.1. The highest BCUT2D eigenvalue weighted by atomic mass is 16.5. The van der Waals surface area contributed by atoms with Crippen LogP contribution in [0.15, 0.2) is 48.7 Å². The maximum Gasteiger partial charge on any atom is 0.321 e. The van der Waals surface area contributed by atoms with Gasteiger partial charge in [0.05, 0.1) is 25.4 Å². The van der Waals surface area contributed by atoms with Crippen molar-refractivity contribution >= 4 is 17.6 Å². The van der Waals surface area contributed by atoms with Crippen LogP contribution < -0.4 is 15.4 Å². The van der Waals surface area contributed by atoms with Crippen molar-refractivity contribution < 1.29 is 14.3 Å². The molecule has 2 heterocycles. The number of nitrogens with zero attached hydrogens (tertiary/aromatic N) is 3. The molecular weight excluding hydrogens is 418 g/mol. The van der Waals surface area contributed by atoms with Crippen molar-refractivity contribution in [2.24, 2.45) is 5.92 Å². The van der Waals surface area contributed by atoms with Crippen molar-refractivity contribution in [1.29, 1.82) is 0 Å². The monoisotopic (exact) mass is 451 g/mol. The normalized spacial score (nSPS) is 18.0. The number of ether oxygens (including phenoxy) is 1. The van der Waals surface area contributed by atoms with Crippen LogP contribution in [0, 0.1) is 5.92 Å². The molecule has 3 amide bonds. The average Bonchev–Trinajstić information content (AvgIpc) is 3.39. The molecular formula is C25H33N5O3. The van der Waals surface area contributed by atoms with Crippen LogP contribution in [-0.4, -0.2) is 66.1 Å². The number of piperazine rings is 1. The fourth-order valence-corrected chi connectivity index (χ4v) is 4.82. The van der Waals surface area contributed by atoms with Crippen LogP contribution in [0.25, 0.3) is 0 Å². The molecule has 0 spiro atoms. The first-order valence-corrected chi connectivity index (χ1v) is 11.8. The third kappa shape index (κ3) is 6.01. The summed E-state index contributed by atoms with van der Waals surface area (Å²) in [6.45, 7) is 3.01. The Hall–Kier alpha value is -3.13. The van der Waals surface area contributed by atoms with E-state index in [1.807, 2.05) is 47.4 Å². The summed E-state index contributed by atoms with van der Waals surface area (Å²) in [5, 5.41) is 6.05. The number of nitrogens with one attached hydrogen (secondary N) is 2. The number of rotatable bonds is 7. The number of hydrogen-bond acceptors (Lipinski definition) is 5. The molecule has 2 fully saturated rings. The molecule has 1 aromatic carbocycles. The maximum atomic E-state index is 13.2. The predicted molar refractivity (Wildman–Crippen MR) is 127 cm³/mol. The van der Waals surface area contributed by atoms with Crippen LogP contribution >= 0.6 is 0 Å². The Labute approximate surface area is 195 Å². The number of aromatic nitrogens is 1. The van der Waals surface area contributed by atoms with Crippen molar-refractivity contribution in [1.82, 2.24) is 20.1 Å². The number of urea groups is 1. The number of pyridine rings is 1. The molecule has 176 valence electrons. The van der Waals surface area contributed by atoms with E-state index >= 15 is 0 Å². The first-order valence-electron chi connectivity index (χ1n) is 11.8. The molecule has 4 rings (SSSR count). The zero-order valence-corrected chi connectivity index (χ0v) is 19.2. The van der Waals surface area contributed by atoms with Crippen molar-refractivity contribution in [3.05, 3.63) is 54.4 Å². The summed E-state index contributed by atoms with van der Waals surface area (Å²) >= 11 is 0. The van der Waals surface area contributed by atoms with Gasteiger partial charge in [-0.25, -0.2) is 4.79 Å². The summed E-state index contributed by atoms with van der Waals surface area (Å²) in [6.07, 6.45) is 6.27. The van der Waals surface area contributed by atoms with Gasteiger partial charge in [-0.2, -0.15) is 0 Å². The van der Waals surface area contributed by atoms with E-state index in [-0.39, 0.29) is 18.0 Å². The standard InChI is InChI=1S/C25H33N5O3/c1-33-22-11-9-20(10-12-22)28-25(32)30-16-14-29(15-17-30)23(19-6-2-3-7-19)24(31)27-18-21-8-4-5-13-26-21/h4-5,8-13,19,23H,2-3,6-7,14-18H2,1H3,(H,27,31)(H,28,32)/t23-/m0/s1. The summed E-state index contributed by atoms with van der Waals surface area (Å²) in [6, 6.07) is 12.8. The molecule has 1 saturated heterocycles. The van der Waals surface area contributed by atoms with Gasteiger partial charge in [0.15, 0.2) is 0 Å².